The zero-order valence-corrected chi connectivity index (χ0v) is 16.3. The number of nitrogens with zero attached hydrogens (tertiary/aromatic N) is 4. The topological polar surface area (TPSA) is 66.0 Å². The third kappa shape index (κ3) is 4.68. The second-order valence-corrected chi connectivity index (χ2v) is 7.20. The summed E-state index contributed by atoms with van der Waals surface area (Å²) in [6.45, 7) is 6.07. The summed E-state index contributed by atoms with van der Waals surface area (Å²) in [4.78, 5) is 15.3. The minimum atomic E-state index is -0.319. The third-order valence-electron chi connectivity index (χ3n) is 5.26. The summed E-state index contributed by atoms with van der Waals surface area (Å²) in [7, 11) is 0. The summed E-state index contributed by atoms with van der Waals surface area (Å²) in [5.41, 5.74) is 1.86. The maximum Gasteiger partial charge on any atom is 0.131 e. The highest BCUT2D eigenvalue weighted by Gasteiger charge is 2.19. The van der Waals surface area contributed by atoms with Crippen molar-refractivity contribution in [2.75, 3.05) is 31.6 Å². The van der Waals surface area contributed by atoms with Crippen LogP contribution in [0, 0.1) is 0 Å². The number of piperidine rings is 1. The van der Waals surface area contributed by atoms with Crippen molar-refractivity contribution >= 4 is 16.6 Å². The summed E-state index contributed by atoms with van der Waals surface area (Å²) in [5, 5.41) is 8.72. The van der Waals surface area contributed by atoms with E-state index in [1.165, 1.54) is 0 Å². The Morgan fingerprint density at radius 1 is 1.10 bits per heavy atom. The molecule has 1 aliphatic rings. The fraction of sp³-hybridized carbons (Fsp3) is 0.318. The van der Waals surface area contributed by atoms with E-state index < -0.39 is 0 Å². The number of likely N-dealkylation sites (tertiary alicyclic amines) is 1. The van der Waals surface area contributed by atoms with Gasteiger partial charge in [-0.25, -0.2) is 9.37 Å². The number of anilines is 1. The number of alkyl halides is 1. The highest BCUT2D eigenvalue weighted by Crippen LogP contribution is 2.24. The lowest BCUT2D eigenvalue weighted by Crippen LogP contribution is -2.43. The fourth-order valence-electron chi connectivity index (χ4n) is 3.66. The van der Waals surface area contributed by atoms with Crippen molar-refractivity contribution in [3.05, 3.63) is 61.5 Å². The molecule has 0 radical (unpaired) electrons. The van der Waals surface area contributed by atoms with Crippen molar-refractivity contribution < 1.29 is 4.39 Å². The summed E-state index contributed by atoms with van der Waals surface area (Å²) < 4.78 is 12.3. The second-order valence-electron chi connectivity index (χ2n) is 7.20. The molecule has 4 rings (SSSR count). The van der Waals surface area contributed by atoms with Crippen LogP contribution in [0.5, 0.6) is 0 Å². The zero-order chi connectivity index (χ0) is 20.1. The van der Waals surface area contributed by atoms with Crippen molar-refractivity contribution in [3.63, 3.8) is 0 Å². The summed E-state index contributed by atoms with van der Waals surface area (Å²) in [5.74, 6) is 1.60. The Morgan fingerprint density at radius 2 is 1.97 bits per heavy atom. The largest absolute Gasteiger partial charge is 0.359 e. The molecule has 2 aromatic heterocycles. The Morgan fingerprint density at radius 3 is 2.72 bits per heavy atom. The van der Waals surface area contributed by atoms with E-state index >= 15 is 0 Å². The number of pyridine rings is 1. The average Bonchev–Trinajstić information content (AvgIpc) is 2.78. The van der Waals surface area contributed by atoms with E-state index in [1.54, 1.807) is 18.6 Å². The van der Waals surface area contributed by atoms with Gasteiger partial charge < -0.3 is 15.5 Å². The number of nitrogens with one attached hydrogen (secondary N) is 2. The van der Waals surface area contributed by atoms with Crippen molar-refractivity contribution in [1.82, 2.24) is 25.2 Å². The van der Waals surface area contributed by atoms with Crippen LogP contribution in [0.1, 0.15) is 12.8 Å². The standard InChI is InChI=1S/C22H25FN6/c1-16(29-10-4-20(5-11-29)25-7-6-23)28-22-13-19-12-17(2-3-18(19)14-27-22)21-15-24-8-9-26-21/h2-3,8-9,12-15,20,25H,1,4-7,10-11H2,(H,27,28). The predicted octanol–water partition coefficient (Wildman–Crippen LogP) is 3.60. The maximum atomic E-state index is 12.3. The van der Waals surface area contributed by atoms with Gasteiger partial charge in [-0.15, -0.1) is 0 Å². The van der Waals surface area contributed by atoms with E-state index in [0.29, 0.717) is 12.6 Å². The predicted molar refractivity (Wildman–Crippen MR) is 114 cm³/mol. The van der Waals surface area contributed by atoms with Gasteiger partial charge in [0.15, 0.2) is 0 Å². The Bertz CT molecular complexity index is 969. The summed E-state index contributed by atoms with van der Waals surface area (Å²) in [6.07, 6.45) is 8.94. The minimum Gasteiger partial charge on any atom is -0.359 e. The number of fused-ring (bicyclic) bond motifs is 1. The minimum absolute atomic E-state index is 0.319. The highest BCUT2D eigenvalue weighted by molar-refractivity contribution is 5.88. The van der Waals surface area contributed by atoms with Crippen LogP contribution in [0.15, 0.2) is 61.5 Å². The molecule has 0 bridgehead atoms. The van der Waals surface area contributed by atoms with E-state index in [0.717, 1.165) is 59.6 Å². The highest BCUT2D eigenvalue weighted by atomic mass is 19.1. The molecule has 2 N–H and O–H groups in total. The Hall–Kier alpha value is -3.06. The average molecular weight is 392 g/mol. The lowest BCUT2D eigenvalue weighted by molar-refractivity contribution is 0.241. The summed E-state index contributed by atoms with van der Waals surface area (Å²) >= 11 is 0. The first-order valence-electron chi connectivity index (χ1n) is 9.89. The van der Waals surface area contributed by atoms with E-state index in [-0.39, 0.29) is 6.67 Å². The molecule has 0 aliphatic carbocycles. The van der Waals surface area contributed by atoms with Crippen LogP contribution >= 0.6 is 0 Å². The van der Waals surface area contributed by atoms with Crippen molar-refractivity contribution in [2.45, 2.75) is 18.9 Å². The molecule has 6 nitrogen and oxygen atoms in total. The summed E-state index contributed by atoms with van der Waals surface area (Å²) in [6, 6.07) is 8.57. The first-order chi connectivity index (χ1) is 14.2. The third-order valence-corrected chi connectivity index (χ3v) is 5.26. The molecule has 0 saturated carbocycles. The van der Waals surface area contributed by atoms with Crippen molar-refractivity contribution in [1.29, 1.82) is 0 Å². The smallest absolute Gasteiger partial charge is 0.131 e. The zero-order valence-electron chi connectivity index (χ0n) is 16.3. The molecule has 3 heterocycles. The molecule has 150 valence electrons. The molecule has 0 spiro atoms. The molecule has 3 aromatic rings. The maximum absolute atomic E-state index is 12.3. The van der Waals surface area contributed by atoms with Gasteiger partial charge in [-0.3, -0.25) is 9.97 Å². The van der Waals surface area contributed by atoms with Crippen molar-refractivity contribution in [3.8, 4) is 11.3 Å². The second kappa shape index (κ2) is 8.96. The van der Waals surface area contributed by atoms with Gasteiger partial charge in [-0.2, -0.15) is 0 Å². The van der Waals surface area contributed by atoms with Crippen LogP contribution in [0.4, 0.5) is 10.2 Å². The van der Waals surface area contributed by atoms with Crippen molar-refractivity contribution in [2.24, 2.45) is 0 Å². The molecular formula is C22H25FN6. The van der Waals surface area contributed by atoms with Crippen LogP contribution in [-0.4, -0.2) is 52.2 Å². The molecule has 7 heteroatoms. The van der Waals surface area contributed by atoms with Crippen LogP contribution in [-0.2, 0) is 0 Å². The van der Waals surface area contributed by atoms with Gasteiger partial charge in [-0.1, -0.05) is 18.7 Å². The Balaban J connectivity index is 1.43. The van der Waals surface area contributed by atoms with E-state index in [4.69, 9.17) is 0 Å². The number of hydrogen-bond acceptors (Lipinski definition) is 6. The Labute approximate surface area is 169 Å². The van der Waals surface area contributed by atoms with E-state index in [9.17, 15) is 4.39 Å². The molecule has 0 atom stereocenters. The first kappa shape index (κ1) is 19.3. The van der Waals surface area contributed by atoms with Gasteiger partial charge >= 0.3 is 0 Å². The van der Waals surface area contributed by atoms with Gasteiger partial charge in [0, 0.05) is 55.2 Å². The van der Waals surface area contributed by atoms with Gasteiger partial charge in [-0.05, 0) is 30.4 Å². The molecule has 1 aliphatic heterocycles. The Kier molecular flexibility index (Phi) is 5.95. The lowest BCUT2D eigenvalue weighted by atomic mass is 10.1. The number of hydrogen-bond donors (Lipinski definition) is 2. The number of aromatic nitrogens is 3. The monoisotopic (exact) mass is 392 g/mol. The number of rotatable bonds is 7. The lowest BCUT2D eigenvalue weighted by Gasteiger charge is -2.35. The molecule has 29 heavy (non-hydrogen) atoms. The van der Waals surface area contributed by atoms with Gasteiger partial charge in [0.2, 0.25) is 0 Å². The van der Waals surface area contributed by atoms with Gasteiger partial charge in [0.1, 0.15) is 12.5 Å². The molecule has 1 fully saturated rings. The molecule has 0 unspecified atom stereocenters. The molecule has 1 saturated heterocycles. The van der Waals surface area contributed by atoms with Crippen LogP contribution in [0.2, 0.25) is 0 Å². The normalized spacial score (nSPS) is 14.9. The quantitative estimate of drug-likeness (QED) is 0.641. The SMILES string of the molecule is C=C(Nc1cc2cc(-c3cnccn3)ccc2cn1)N1CCC(NCCF)CC1. The fourth-order valence-corrected chi connectivity index (χ4v) is 3.66. The molecule has 0 amide bonds. The van der Waals surface area contributed by atoms with Gasteiger partial charge in [0.05, 0.1) is 17.7 Å². The van der Waals surface area contributed by atoms with Gasteiger partial charge in [0.25, 0.3) is 0 Å². The first-order valence-corrected chi connectivity index (χ1v) is 9.89. The van der Waals surface area contributed by atoms with E-state index in [2.05, 4.69) is 43.1 Å². The molecule has 1 aromatic carbocycles. The number of benzene rings is 1. The van der Waals surface area contributed by atoms with Crippen LogP contribution in [0.25, 0.3) is 22.0 Å². The van der Waals surface area contributed by atoms with Crippen LogP contribution in [0.3, 0.4) is 0 Å². The van der Waals surface area contributed by atoms with Crippen LogP contribution < -0.4 is 10.6 Å². The molecular weight excluding hydrogens is 367 g/mol. The number of halogens is 1. The van der Waals surface area contributed by atoms with E-state index in [1.807, 2.05) is 24.4 Å².